The van der Waals surface area contributed by atoms with Crippen molar-refractivity contribution in [2.24, 2.45) is 5.84 Å². The largest absolute Gasteiger partial charge is 0.288 e. The van der Waals surface area contributed by atoms with Gasteiger partial charge in [0.25, 0.3) is 0 Å². The molecule has 0 saturated carbocycles. The molecule has 0 fully saturated rings. The fourth-order valence-electron chi connectivity index (χ4n) is 1.16. The zero-order valence-electron chi connectivity index (χ0n) is 7.93. The second kappa shape index (κ2) is 5.26. The second-order valence-corrected chi connectivity index (χ2v) is 3.53. The lowest BCUT2D eigenvalue weighted by Crippen LogP contribution is -2.35. The number of nitrogens with two attached hydrogens (primary N) is 1. The Morgan fingerprint density at radius 1 is 1.57 bits per heavy atom. The fourth-order valence-corrected chi connectivity index (χ4v) is 1.36. The Hall–Kier alpha value is -0.680. The van der Waals surface area contributed by atoms with E-state index in [4.69, 9.17) is 17.4 Å². The Morgan fingerprint density at radius 2 is 2.29 bits per heavy atom. The lowest BCUT2D eigenvalue weighted by atomic mass is 10.2. The highest BCUT2D eigenvalue weighted by Gasteiger charge is 2.03. The van der Waals surface area contributed by atoms with E-state index in [-0.39, 0.29) is 5.02 Å². The van der Waals surface area contributed by atoms with Gasteiger partial charge in [-0.1, -0.05) is 17.7 Å². The van der Waals surface area contributed by atoms with Crippen LogP contribution in [-0.4, -0.2) is 18.6 Å². The summed E-state index contributed by atoms with van der Waals surface area (Å²) in [5.41, 5.74) is 3.49. The Kier molecular flexibility index (Phi) is 4.28. The summed E-state index contributed by atoms with van der Waals surface area (Å²) in [4.78, 5) is 1.95. The van der Waals surface area contributed by atoms with Crippen molar-refractivity contribution in [3.05, 3.63) is 34.6 Å². The monoisotopic (exact) mass is 217 g/mol. The number of benzene rings is 1. The van der Waals surface area contributed by atoms with Crippen LogP contribution >= 0.6 is 11.6 Å². The summed E-state index contributed by atoms with van der Waals surface area (Å²) in [6.07, 6.45) is 0. The van der Waals surface area contributed by atoms with Crippen molar-refractivity contribution in [3.8, 4) is 0 Å². The first kappa shape index (κ1) is 11.4. The molecule has 0 heterocycles. The number of nitrogens with zero attached hydrogens (tertiary/aromatic N) is 1. The lowest BCUT2D eigenvalue weighted by Gasteiger charge is -2.15. The van der Waals surface area contributed by atoms with E-state index in [1.165, 1.54) is 6.07 Å². The Labute approximate surface area is 87.6 Å². The highest BCUT2D eigenvalue weighted by atomic mass is 35.5. The summed E-state index contributed by atoms with van der Waals surface area (Å²) < 4.78 is 12.8. The number of hydrogen-bond acceptors (Lipinski definition) is 3. The van der Waals surface area contributed by atoms with E-state index >= 15 is 0 Å². The average Bonchev–Trinajstić information content (AvgIpc) is 2.12. The van der Waals surface area contributed by atoms with Crippen LogP contribution in [0.15, 0.2) is 18.2 Å². The minimum atomic E-state index is -0.394. The topological polar surface area (TPSA) is 41.3 Å². The van der Waals surface area contributed by atoms with E-state index in [2.05, 4.69) is 5.43 Å². The molecule has 1 aromatic carbocycles. The van der Waals surface area contributed by atoms with E-state index in [1.54, 1.807) is 12.1 Å². The zero-order valence-corrected chi connectivity index (χ0v) is 8.68. The molecule has 0 unspecified atom stereocenters. The molecular formula is C9H13ClFN3. The maximum atomic E-state index is 12.8. The smallest absolute Gasteiger partial charge is 0.141 e. The fraction of sp³-hybridized carbons (Fsp3) is 0.333. The first-order valence-electron chi connectivity index (χ1n) is 4.19. The van der Waals surface area contributed by atoms with Gasteiger partial charge in [0.05, 0.1) is 11.7 Å². The first-order chi connectivity index (χ1) is 6.63. The van der Waals surface area contributed by atoms with Crippen molar-refractivity contribution < 1.29 is 4.39 Å². The predicted octanol–water partition coefficient (Wildman–Crippen LogP) is 1.33. The summed E-state index contributed by atoms with van der Waals surface area (Å²) in [6, 6.07) is 4.68. The van der Waals surface area contributed by atoms with Crippen molar-refractivity contribution >= 4 is 11.6 Å². The van der Waals surface area contributed by atoms with Gasteiger partial charge in [0.2, 0.25) is 0 Å². The number of hydrogen-bond donors (Lipinski definition) is 2. The normalized spacial score (nSPS) is 10.9. The van der Waals surface area contributed by atoms with Crippen LogP contribution in [0.25, 0.3) is 0 Å². The van der Waals surface area contributed by atoms with Crippen LogP contribution in [-0.2, 0) is 6.54 Å². The molecule has 5 heteroatoms. The van der Waals surface area contributed by atoms with Crippen molar-refractivity contribution in [1.29, 1.82) is 0 Å². The van der Waals surface area contributed by atoms with Gasteiger partial charge in [-0.05, 0) is 24.7 Å². The minimum absolute atomic E-state index is 0.150. The van der Waals surface area contributed by atoms with Crippen LogP contribution in [0.4, 0.5) is 4.39 Å². The van der Waals surface area contributed by atoms with Gasteiger partial charge in [-0.3, -0.25) is 10.7 Å². The van der Waals surface area contributed by atoms with Crippen molar-refractivity contribution in [1.82, 2.24) is 10.3 Å². The molecule has 0 atom stereocenters. The van der Waals surface area contributed by atoms with Gasteiger partial charge in [-0.15, -0.1) is 0 Å². The third kappa shape index (κ3) is 3.23. The van der Waals surface area contributed by atoms with E-state index < -0.39 is 5.82 Å². The third-order valence-electron chi connectivity index (χ3n) is 1.80. The number of hydrazine groups is 1. The molecular weight excluding hydrogens is 205 g/mol. The highest BCUT2D eigenvalue weighted by Crippen LogP contribution is 2.16. The van der Waals surface area contributed by atoms with E-state index in [1.807, 2.05) is 11.9 Å². The van der Waals surface area contributed by atoms with Crippen LogP contribution in [0.3, 0.4) is 0 Å². The van der Waals surface area contributed by atoms with Gasteiger partial charge < -0.3 is 0 Å². The molecule has 0 radical (unpaired) electrons. The van der Waals surface area contributed by atoms with Crippen LogP contribution < -0.4 is 11.3 Å². The van der Waals surface area contributed by atoms with Crippen molar-refractivity contribution in [2.45, 2.75) is 6.54 Å². The van der Waals surface area contributed by atoms with Gasteiger partial charge in [-0.2, -0.15) is 0 Å². The van der Waals surface area contributed by atoms with Crippen LogP contribution in [0.1, 0.15) is 5.56 Å². The van der Waals surface area contributed by atoms with Gasteiger partial charge in [0.15, 0.2) is 0 Å². The van der Waals surface area contributed by atoms with Gasteiger partial charge in [0.1, 0.15) is 5.82 Å². The molecule has 3 N–H and O–H groups in total. The molecule has 0 aliphatic rings. The first-order valence-corrected chi connectivity index (χ1v) is 4.57. The molecule has 1 rings (SSSR count). The van der Waals surface area contributed by atoms with Gasteiger partial charge in [0, 0.05) is 6.54 Å². The summed E-state index contributed by atoms with van der Waals surface area (Å²) in [5, 5.41) is 0.150. The van der Waals surface area contributed by atoms with Crippen LogP contribution in [0, 0.1) is 5.82 Å². The summed E-state index contributed by atoms with van der Waals surface area (Å²) >= 11 is 5.64. The van der Waals surface area contributed by atoms with Crippen LogP contribution in [0.5, 0.6) is 0 Å². The molecule has 0 amide bonds. The maximum Gasteiger partial charge on any atom is 0.141 e. The Bertz CT molecular complexity index is 306. The van der Waals surface area contributed by atoms with Crippen LogP contribution in [0.2, 0.25) is 5.02 Å². The van der Waals surface area contributed by atoms with E-state index in [0.717, 1.165) is 5.56 Å². The van der Waals surface area contributed by atoms with Gasteiger partial charge >= 0.3 is 0 Å². The lowest BCUT2D eigenvalue weighted by molar-refractivity contribution is 0.301. The van der Waals surface area contributed by atoms with Gasteiger partial charge in [-0.25, -0.2) is 9.82 Å². The summed E-state index contributed by atoms with van der Waals surface area (Å²) in [6.45, 7) is 1.24. The molecule has 0 bridgehead atoms. The summed E-state index contributed by atoms with van der Waals surface area (Å²) in [5.74, 6) is 4.77. The molecule has 0 spiro atoms. The number of halogens is 2. The molecule has 1 aromatic rings. The molecule has 78 valence electrons. The maximum absolute atomic E-state index is 12.8. The molecule has 0 aliphatic carbocycles. The van der Waals surface area contributed by atoms with E-state index in [0.29, 0.717) is 13.2 Å². The quantitative estimate of drug-likeness (QED) is 0.454. The standard InChI is InChI=1S/C9H13ClFN3/c1-14(6-13-12)5-7-2-3-9(11)8(10)4-7/h2-4,13H,5-6,12H2,1H3. The molecule has 3 nitrogen and oxygen atoms in total. The summed E-state index contributed by atoms with van der Waals surface area (Å²) in [7, 11) is 1.90. The predicted molar refractivity (Wildman–Crippen MR) is 55.1 cm³/mol. The average molecular weight is 218 g/mol. The Morgan fingerprint density at radius 3 is 2.86 bits per heavy atom. The highest BCUT2D eigenvalue weighted by molar-refractivity contribution is 6.30. The molecule has 0 aromatic heterocycles. The third-order valence-corrected chi connectivity index (χ3v) is 2.09. The SMILES string of the molecule is CN(CNN)Cc1ccc(F)c(Cl)c1. The minimum Gasteiger partial charge on any atom is -0.288 e. The number of nitrogens with one attached hydrogen (secondary N) is 1. The second-order valence-electron chi connectivity index (χ2n) is 3.12. The molecule has 14 heavy (non-hydrogen) atoms. The molecule has 0 aliphatic heterocycles. The van der Waals surface area contributed by atoms with Crippen molar-refractivity contribution in [2.75, 3.05) is 13.7 Å². The van der Waals surface area contributed by atoms with E-state index in [9.17, 15) is 4.39 Å². The Balaban J connectivity index is 2.63. The zero-order chi connectivity index (χ0) is 10.6. The number of rotatable bonds is 4. The molecule has 0 saturated heterocycles. The van der Waals surface area contributed by atoms with Crippen molar-refractivity contribution in [3.63, 3.8) is 0 Å².